The Balaban J connectivity index is 4.71. The van der Waals surface area contributed by atoms with Gasteiger partial charge in [-0.1, -0.05) is 260 Å². The van der Waals surface area contributed by atoms with Gasteiger partial charge in [0.25, 0.3) is 0 Å². The highest BCUT2D eigenvalue weighted by Crippen LogP contribution is 2.17. The van der Waals surface area contributed by atoms with Gasteiger partial charge in [-0.2, -0.15) is 0 Å². The molecule has 1 amide bonds. The molecule has 0 aliphatic rings. The molecule has 0 aromatic carbocycles. The summed E-state index contributed by atoms with van der Waals surface area (Å²) in [7, 11) is 0. The fraction of sp³-hybridized carbons (Fsp3) is 0.742. The third kappa shape index (κ3) is 49.5. The first-order valence-electron chi connectivity index (χ1n) is 28.8. The Bertz CT molecular complexity index is 1290. The molecule has 6 heteroatoms. The maximum absolute atomic E-state index is 13.2. The minimum Gasteiger partial charge on any atom is -0.458 e. The Labute approximate surface area is 421 Å². The molecule has 3 unspecified atom stereocenters. The fourth-order valence-corrected chi connectivity index (χ4v) is 8.36. The van der Waals surface area contributed by atoms with E-state index in [-0.39, 0.29) is 24.9 Å². The normalized spacial score (nSPS) is 13.8. The average molecular weight is 949 g/mol. The molecule has 0 saturated carbocycles. The van der Waals surface area contributed by atoms with Crippen LogP contribution in [0.5, 0.6) is 0 Å². The number of aliphatic hydroxyl groups is 2. The quantitative estimate of drug-likeness (QED) is 0.0321. The van der Waals surface area contributed by atoms with Crippen LogP contribution in [-0.2, 0) is 14.3 Å². The number of aliphatic hydroxyl groups excluding tert-OH is 2. The highest BCUT2D eigenvalue weighted by atomic mass is 16.5. The molecule has 0 saturated heterocycles. The van der Waals surface area contributed by atoms with Crippen LogP contribution in [0.1, 0.15) is 271 Å². The van der Waals surface area contributed by atoms with E-state index in [2.05, 4.69) is 99.0 Å². The largest absolute Gasteiger partial charge is 0.458 e. The summed E-state index contributed by atoms with van der Waals surface area (Å²) in [5.41, 5.74) is 0. The van der Waals surface area contributed by atoms with Gasteiger partial charge in [0, 0.05) is 6.42 Å². The lowest BCUT2D eigenvalue weighted by Gasteiger charge is -2.23. The highest BCUT2D eigenvalue weighted by Gasteiger charge is 2.23. The fourth-order valence-electron chi connectivity index (χ4n) is 8.36. The van der Waals surface area contributed by atoms with Gasteiger partial charge in [-0.05, 0) is 83.1 Å². The summed E-state index contributed by atoms with van der Waals surface area (Å²) < 4.78 is 5.84. The second-order valence-electron chi connectivity index (χ2n) is 19.3. The van der Waals surface area contributed by atoms with E-state index in [0.717, 1.165) is 70.6 Å². The lowest BCUT2D eigenvalue weighted by Crippen LogP contribution is -2.46. The van der Waals surface area contributed by atoms with Crippen LogP contribution < -0.4 is 5.32 Å². The van der Waals surface area contributed by atoms with Crippen molar-refractivity contribution in [2.24, 2.45) is 0 Å². The van der Waals surface area contributed by atoms with Crippen molar-refractivity contribution in [1.82, 2.24) is 5.32 Å². The summed E-state index contributed by atoms with van der Waals surface area (Å²) in [6.07, 6.45) is 72.5. The molecule has 0 bridgehead atoms. The van der Waals surface area contributed by atoms with Gasteiger partial charge in [-0.3, -0.25) is 9.59 Å². The van der Waals surface area contributed by atoms with Crippen LogP contribution in [0.4, 0.5) is 0 Å². The van der Waals surface area contributed by atoms with Gasteiger partial charge in [0.2, 0.25) is 5.91 Å². The van der Waals surface area contributed by atoms with Crippen LogP contribution in [0.25, 0.3) is 0 Å². The molecule has 0 aromatic rings. The maximum Gasteiger partial charge on any atom is 0.306 e. The van der Waals surface area contributed by atoms with Gasteiger partial charge in [0.05, 0.1) is 25.2 Å². The van der Waals surface area contributed by atoms with E-state index >= 15 is 0 Å². The monoisotopic (exact) mass is 948 g/mol. The Morgan fingerprint density at radius 3 is 1.25 bits per heavy atom. The predicted octanol–water partition coefficient (Wildman–Crippen LogP) is 17.9. The van der Waals surface area contributed by atoms with Crippen molar-refractivity contribution in [3.05, 3.63) is 85.1 Å². The minimum atomic E-state index is -0.825. The minimum absolute atomic E-state index is 0.0513. The first-order chi connectivity index (χ1) is 33.5. The molecule has 0 fully saturated rings. The van der Waals surface area contributed by atoms with Crippen molar-refractivity contribution in [1.29, 1.82) is 0 Å². The zero-order valence-corrected chi connectivity index (χ0v) is 44.7. The Kier molecular flexibility index (Phi) is 52.6. The van der Waals surface area contributed by atoms with Crippen LogP contribution in [-0.4, -0.2) is 46.9 Å². The van der Waals surface area contributed by atoms with Gasteiger partial charge in [0.15, 0.2) is 0 Å². The third-order valence-corrected chi connectivity index (χ3v) is 12.7. The second kappa shape index (κ2) is 55.0. The molecule has 0 rings (SSSR count). The van der Waals surface area contributed by atoms with Gasteiger partial charge < -0.3 is 20.3 Å². The number of amides is 1. The van der Waals surface area contributed by atoms with E-state index in [4.69, 9.17) is 4.74 Å². The van der Waals surface area contributed by atoms with Crippen LogP contribution >= 0.6 is 0 Å². The molecule has 0 spiro atoms. The molecule has 392 valence electrons. The zero-order chi connectivity index (χ0) is 49.5. The average Bonchev–Trinajstić information content (AvgIpc) is 3.33. The van der Waals surface area contributed by atoms with Crippen molar-refractivity contribution < 1.29 is 24.5 Å². The molecule has 0 aliphatic carbocycles. The zero-order valence-electron chi connectivity index (χ0n) is 44.7. The van der Waals surface area contributed by atoms with Crippen LogP contribution in [0.2, 0.25) is 0 Å². The molecular formula is C62H109NO5. The smallest absolute Gasteiger partial charge is 0.306 e. The molecule has 0 aliphatic heterocycles. The number of esters is 1. The highest BCUT2D eigenvalue weighted by molar-refractivity contribution is 5.78. The van der Waals surface area contributed by atoms with Gasteiger partial charge in [-0.15, -0.1) is 0 Å². The number of allylic oxidation sites excluding steroid dienone is 13. The topological polar surface area (TPSA) is 95.9 Å². The summed E-state index contributed by atoms with van der Waals surface area (Å²) in [5.74, 6) is -0.633. The number of unbranched alkanes of at least 4 members (excludes halogenated alkanes) is 27. The van der Waals surface area contributed by atoms with E-state index in [1.54, 1.807) is 6.08 Å². The maximum atomic E-state index is 13.2. The Hall–Kier alpha value is -2.96. The van der Waals surface area contributed by atoms with E-state index in [1.807, 2.05) is 6.08 Å². The SMILES string of the molecule is CC/C=C\C/C=C\C/C=C\C/C=C\C/C=C\C/C=C\C(CC(=O)NC(CO)C(O)CCCCCCCCCCCCCCCCCCC)OC(=O)CCCCCCCCC/C=C\CCCCCC. The first kappa shape index (κ1) is 65.0. The van der Waals surface area contributed by atoms with E-state index in [1.165, 1.54) is 154 Å². The summed E-state index contributed by atoms with van der Waals surface area (Å²) in [6.45, 7) is 6.34. The van der Waals surface area contributed by atoms with E-state index in [9.17, 15) is 19.8 Å². The molecule has 0 radical (unpaired) electrons. The summed E-state index contributed by atoms with van der Waals surface area (Å²) in [5, 5.41) is 23.8. The molecule has 6 nitrogen and oxygen atoms in total. The van der Waals surface area contributed by atoms with Crippen LogP contribution in [0.3, 0.4) is 0 Å². The van der Waals surface area contributed by atoms with Crippen molar-refractivity contribution in [3.8, 4) is 0 Å². The number of carbonyl (C=O) groups excluding carboxylic acids is 2. The van der Waals surface area contributed by atoms with Crippen molar-refractivity contribution in [2.45, 2.75) is 289 Å². The molecule has 0 heterocycles. The Morgan fingerprint density at radius 2 is 0.824 bits per heavy atom. The Morgan fingerprint density at radius 1 is 0.456 bits per heavy atom. The standard InChI is InChI=1S/C62H109NO5/c1-4-7-10-13-16-19-22-25-28-30-33-35-38-41-44-47-50-53-58(68-62(67)55-52-49-46-43-40-37-32-27-24-21-18-15-12-9-6-3)56-61(66)63-59(57-64)60(65)54-51-48-45-42-39-36-34-31-29-26-23-20-17-14-11-8-5-2/h7,10,16,19,21,24-25,28,33,35,41,44,50,53,58-60,64-65H,4-6,8-9,11-15,17-18,20,22-23,26-27,29-32,34,36-40,42-43,45-49,51-52,54-57H2,1-3H3,(H,63,66)/b10-7-,19-16-,24-21-,28-25-,35-33-,44-41-,53-50-. The van der Waals surface area contributed by atoms with Crippen LogP contribution in [0, 0.1) is 0 Å². The van der Waals surface area contributed by atoms with Gasteiger partial charge >= 0.3 is 5.97 Å². The molecule has 68 heavy (non-hydrogen) atoms. The molecular weight excluding hydrogens is 839 g/mol. The lowest BCUT2D eigenvalue weighted by molar-refractivity contribution is -0.148. The van der Waals surface area contributed by atoms with Gasteiger partial charge in [0.1, 0.15) is 6.10 Å². The molecule has 3 atom stereocenters. The van der Waals surface area contributed by atoms with E-state index in [0.29, 0.717) is 19.3 Å². The second-order valence-corrected chi connectivity index (χ2v) is 19.3. The van der Waals surface area contributed by atoms with Gasteiger partial charge in [-0.25, -0.2) is 0 Å². The lowest BCUT2D eigenvalue weighted by atomic mass is 10.0. The van der Waals surface area contributed by atoms with Crippen molar-refractivity contribution in [3.63, 3.8) is 0 Å². The third-order valence-electron chi connectivity index (χ3n) is 12.7. The number of nitrogens with one attached hydrogen (secondary N) is 1. The number of hydrogen-bond donors (Lipinski definition) is 3. The molecule has 0 aromatic heterocycles. The number of ether oxygens (including phenoxy) is 1. The first-order valence-corrected chi connectivity index (χ1v) is 28.8. The number of rotatable bonds is 51. The van der Waals surface area contributed by atoms with Crippen molar-refractivity contribution in [2.75, 3.05) is 6.61 Å². The number of hydrogen-bond acceptors (Lipinski definition) is 5. The summed E-state index contributed by atoms with van der Waals surface area (Å²) >= 11 is 0. The summed E-state index contributed by atoms with van der Waals surface area (Å²) in [6, 6.07) is -0.748. The van der Waals surface area contributed by atoms with E-state index < -0.39 is 18.2 Å². The molecule has 3 N–H and O–H groups in total. The summed E-state index contributed by atoms with van der Waals surface area (Å²) in [4.78, 5) is 26.2. The van der Waals surface area contributed by atoms with Crippen molar-refractivity contribution >= 4 is 11.9 Å². The number of carbonyl (C=O) groups is 2. The predicted molar refractivity (Wildman–Crippen MR) is 296 cm³/mol. The van der Waals surface area contributed by atoms with Crippen LogP contribution in [0.15, 0.2) is 85.1 Å².